The zero-order valence-corrected chi connectivity index (χ0v) is 19.3. The van der Waals surface area contributed by atoms with Crippen LogP contribution in [0.1, 0.15) is 44.6 Å². The van der Waals surface area contributed by atoms with Gasteiger partial charge in [0.25, 0.3) is 5.56 Å². The van der Waals surface area contributed by atoms with Crippen molar-refractivity contribution in [2.45, 2.75) is 53.5 Å². The lowest BCUT2D eigenvalue weighted by Crippen LogP contribution is -2.29. The van der Waals surface area contributed by atoms with Crippen molar-refractivity contribution >= 4 is 33.1 Å². The van der Waals surface area contributed by atoms with Crippen molar-refractivity contribution in [1.29, 1.82) is 0 Å². The molecular formula is C24H29N3O3S. The van der Waals surface area contributed by atoms with Crippen molar-refractivity contribution in [2.75, 3.05) is 11.9 Å². The number of rotatable bonds is 5. The van der Waals surface area contributed by atoms with Gasteiger partial charge in [-0.3, -0.25) is 14.2 Å². The monoisotopic (exact) mass is 439 g/mol. The molecule has 7 heteroatoms. The molecule has 3 aromatic rings. The molecule has 1 N–H and O–H groups in total. The van der Waals surface area contributed by atoms with Gasteiger partial charge in [0.2, 0.25) is 5.91 Å². The standard InChI is InChI=1S/C24H29N3O3S/c1-5-30-18-9-7-6-8-17(18)26-20(28)13-27-14-25-22-21(23(27)29)16-11-10-15(24(2,3)4)12-19(16)31-22/h6-9,14-15H,5,10-13H2,1-4H3,(H,26,28). The highest BCUT2D eigenvalue weighted by Crippen LogP contribution is 2.41. The van der Waals surface area contributed by atoms with E-state index >= 15 is 0 Å². The molecule has 1 aliphatic carbocycles. The Hall–Kier alpha value is -2.67. The van der Waals surface area contributed by atoms with Gasteiger partial charge in [0.15, 0.2) is 0 Å². The number of aromatic nitrogens is 2. The molecule has 0 fully saturated rings. The highest BCUT2D eigenvalue weighted by Gasteiger charge is 2.31. The van der Waals surface area contributed by atoms with Gasteiger partial charge in [-0.25, -0.2) is 4.98 Å². The molecule has 4 rings (SSSR count). The maximum atomic E-state index is 13.2. The molecule has 1 aliphatic rings. The van der Waals surface area contributed by atoms with Crippen LogP contribution in [0.25, 0.3) is 10.2 Å². The molecule has 1 atom stereocenters. The van der Waals surface area contributed by atoms with Gasteiger partial charge >= 0.3 is 0 Å². The maximum Gasteiger partial charge on any atom is 0.262 e. The number of benzene rings is 1. The molecule has 0 bridgehead atoms. The summed E-state index contributed by atoms with van der Waals surface area (Å²) in [4.78, 5) is 32.5. The second-order valence-corrected chi connectivity index (χ2v) is 10.2. The van der Waals surface area contributed by atoms with E-state index in [0.717, 1.165) is 29.7 Å². The summed E-state index contributed by atoms with van der Waals surface area (Å²) in [6.07, 6.45) is 4.45. The number of para-hydroxylation sites is 2. The first kappa shape index (κ1) is 21.6. The fourth-order valence-corrected chi connectivity index (χ4v) is 5.51. The lowest BCUT2D eigenvalue weighted by Gasteiger charge is -2.33. The number of thiophene rings is 1. The van der Waals surface area contributed by atoms with Crippen LogP contribution in [0, 0.1) is 11.3 Å². The first-order valence-corrected chi connectivity index (χ1v) is 11.6. The zero-order chi connectivity index (χ0) is 22.2. The molecule has 0 saturated heterocycles. The van der Waals surface area contributed by atoms with Crippen molar-refractivity contribution in [3.8, 4) is 5.75 Å². The van der Waals surface area contributed by atoms with E-state index in [9.17, 15) is 9.59 Å². The molecule has 1 aromatic carbocycles. The number of ether oxygens (including phenoxy) is 1. The van der Waals surface area contributed by atoms with E-state index in [2.05, 4.69) is 31.1 Å². The van der Waals surface area contributed by atoms with Crippen LogP contribution in [0.15, 0.2) is 35.4 Å². The van der Waals surface area contributed by atoms with Gasteiger partial charge in [-0.05, 0) is 55.2 Å². The minimum atomic E-state index is -0.285. The topological polar surface area (TPSA) is 73.2 Å². The van der Waals surface area contributed by atoms with Crippen LogP contribution in [0.3, 0.4) is 0 Å². The Balaban J connectivity index is 1.58. The van der Waals surface area contributed by atoms with E-state index in [1.807, 2.05) is 19.1 Å². The molecule has 0 aliphatic heterocycles. The zero-order valence-electron chi connectivity index (χ0n) is 18.5. The van der Waals surface area contributed by atoms with Gasteiger partial charge in [-0.15, -0.1) is 11.3 Å². The Morgan fingerprint density at radius 1 is 1.32 bits per heavy atom. The summed E-state index contributed by atoms with van der Waals surface area (Å²) in [5.74, 6) is 0.929. The van der Waals surface area contributed by atoms with Crippen LogP contribution < -0.4 is 15.6 Å². The van der Waals surface area contributed by atoms with Gasteiger partial charge < -0.3 is 10.1 Å². The number of nitrogens with zero attached hydrogens (tertiary/aromatic N) is 2. The second kappa shape index (κ2) is 8.46. The molecule has 0 saturated carbocycles. The third-order valence-corrected chi connectivity index (χ3v) is 7.20. The van der Waals surface area contributed by atoms with Gasteiger partial charge in [-0.2, -0.15) is 0 Å². The fourth-order valence-electron chi connectivity index (χ4n) is 4.25. The number of hydrogen-bond donors (Lipinski definition) is 1. The van der Waals surface area contributed by atoms with Gasteiger partial charge in [-0.1, -0.05) is 32.9 Å². The number of carbonyl (C=O) groups is 1. The lowest BCUT2D eigenvalue weighted by atomic mass is 9.72. The highest BCUT2D eigenvalue weighted by atomic mass is 32.1. The molecule has 0 radical (unpaired) electrons. The van der Waals surface area contributed by atoms with Crippen molar-refractivity contribution in [3.63, 3.8) is 0 Å². The fraction of sp³-hybridized carbons (Fsp3) is 0.458. The number of hydrogen-bond acceptors (Lipinski definition) is 5. The van der Waals surface area contributed by atoms with Crippen molar-refractivity contribution in [3.05, 3.63) is 51.4 Å². The summed E-state index contributed by atoms with van der Waals surface area (Å²) in [5.41, 5.74) is 1.84. The smallest absolute Gasteiger partial charge is 0.262 e. The van der Waals surface area contributed by atoms with Crippen LogP contribution in [-0.2, 0) is 24.2 Å². The van der Waals surface area contributed by atoms with E-state index in [0.29, 0.717) is 29.3 Å². The first-order valence-electron chi connectivity index (χ1n) is 10.8. The van der Waals surface area contributed by atoms with E-state index < -0.39 is 0 Å². The van der Waals surface area contributed by atoms with Gasteiger partial charge in [0.1, 0.15) is 17.1 Å². The molecule has 164 valence electrons. The summed E-state index contributed by atoms with van der Waals surface area (Å²) < 4.78 is 6.97. The normalized spacial score (nSPS) is 16.2. The minimum Gasteiger partial charge on any atom is -0.492 e. The molecule has 31 heavy (non-hydrogen) atoms. The first-order chi connectivity index (χ1) is 14.8. The number of fused-ring (bicyclic) bond motifs is 3. The summed E-state index contributed by atoms with van der Waals surface area (Å²) in [5, 5.41) is 3.54. The molecule has 2 aromatic heterocycles. The Labute approximate surface area is 186 Å². The third kappa shape index (κ3) is 4.37. The van der Waals surface area contributed by atoms with Gasteiger partial charge in [0.05, 0.1) is 24.0 Å². The molecule has 6 nitrogen and oxygen atoms in total. The Bertz CT molecular complexity index is 1170. The molecule has 1 amide bonds. The highest BCUT2D eigenvalue weighted by molar-refractivity contribution is 7.18. The summed E-state index contributed by atoms with van der Waals surface area (Å²) in [6.45, 7) is 9.16. The Morgan fingerprint density at radius 3 is 2.84 bits per heavy atom. The molecule has 2 heterocycles. The number of amides is 1. The predicted octanol–water partition coefficient (Wildman–Crippen LogP) is 4.65. The van der Waals surface area contributed by atoms with Crippen LogP contribution >= 0.6 is 11.3 Å². The third-order valence-electron chi connectivity index (χ3n) is 6.04. The quantitative estimate of drug-likeness (QED) is 0.628. The van der Waals surface area contributed by atoms with E-state index in [1.165, 1.54) is 15.8 Å². The van der Waals surface area contributed by atoms with Crippen LogP contribution in [0.2, 0.25) is 0 Å². The Morgan fingerprint density at radius 2 is 2.10 bits per heavy atom. The number of anilines is 1. The second-order valence-electron chi connectivity index (χ2n) is 9.14. The van der Waals surface area contributed by atoms with E-state index in [4.69, 9.17) is 4.74 Å². The van der Waals surface area contributed by atoms with Crippen LogP contribution in [0.4, 0.5) is 5.69 Å². The lowest BCUT2D eigenvalue weighted by molar-refractivity contribution is -0.116. The van der Waals surface area contributed by atoms with Crippen molar-refractivity contribution in [2.24, 2.45) is 11.3 Å². The summed E-state index contributed by atoms with van der Waals surface area (Å²) >= 11 is 1.63. The number of nitrogens with one attached hydrogen (secondary N) is 1. The minimum absolute atomic E-state index is 0.0858. The number of aryl methyl sites for hydroxylation is 1. The predicted molar refractivity (Wildman–Crippen MR) is 125 cm³/mol. The van der Waals surface area contributed by atoms with Crippen molar-refractivity contribution in [1.82, 2.24) is 9.55 Å². The maximum absolute atomic E-state index is 13.2. The number of carbonyl (C=O) groups excluding carboxylic acids is 1. The summed E-state index contributed by atoms with van der Waals surface area (Å²) in [6, 6.07) is 7.28. The summed E-state index contributed by atoms with van der Waals surface area (Å²) in [7, 11) is 0. The van der Waals surface area contributed by atoms with Crippen molar-refractivity contribution < 1.29 is 9.53 Å². The molecule has 1 unspecified atom stereocenters. The SMILES string of the molecule is CCOc1ccccc1NC(=O)Cn1cnc2sc3c(c2c1=O)CCC(C(C)(C)C)C3. The van der Waals surface area contributed by atoms with E-state index in [1.54, 1.807) is 23.5 Å². The van der Waals surface area contributed by atoms with Crippen LogP contribution in [-0.4, -0.2) is 22.1 Å². The Kier molecular flexibility index (Phi) is 5.88. The largest absolute Gasteiger partial charge is 0.492 e. The average Bonchev–Trinajstić information content (AvgIpc) is 3.09. The molecule has 0 spiro atoms. The van der Waals surface area contributed by atoms with Gasteiger partial charge in [0, 0.05) is 4.88 Å². The average molecular weight is 440 g/mol. The van der Waals surface area contributed by atoms with Crippen LogP contribution in [0.5, 0.6) is 5.75 Å². The van der Waals surface area contributed by atoms with E-state index in [-0.39, 0.29) is 23.4 Å². The molecular weight excluding hydrogens is 410 g/mol.